The largest absolute Gasteiger partial charge is 0.508 e. The minimum Gasteiger partial charge on any atom is -0.508 e. The Morgan fingerprint density at radius 2 is 1.57 bits per heavy atom. The number of aryl methyl sites for hydroxylation is 2. The van der Waals surface area contributed by atoms with Crippen LogP contribution in [0.3, 0.4) is 0 Å². The number of phenolic OH excluding ortho intramolecular Hbond substituents is 1. The molecule has 0 heterocycles. The highest BCUT2D eigenvalue weighted by Gasteiger charge is 2.14. The normalized spacial score (nSPS) is 11.6. The molecule has 0 atom stereocenters. The van der Waals surface area contributed by atoms with Crippen molar-refractivity contribution in [3.05, 3.63) is 71.8 Å². The Kier molecular flexibility index (Phi) is 5.32. The number of benzene rings is 3. The van der Waals surface area contributed by atoms with Crippen LogP contribution in [0.15, 0.2) is 75.8 Å². The molecule has 0 aromatic heterocycles. The van der Waals surface area contributed by atoms with E-state index >= 15 is 0 Å². The zero-order chi connectivity index (χ0) is 20.3. The minimum atomic E-state index is -3.70. The summed E-state index contributed by atoms with van der Waals surface area (Å²) in [6.45, 7) is 3.66. The second kappa shape index (κ2) is 7.69. The molecule has 4 N–H and O–H groups in total. The minimum absolute atomic E-state index is 0.0899. The predicted molar refractivity (Wildman–Crippen MR) is 110 cm³/mol. The van der Waals surface area contributed by atoms with Gasteiger partial charge < -0.3 is 10.8 Å². The maximum absolute atomic E-state index is 12.5. The van der Waals surface area contributed by atoms with E-state index in [0.29, 0.717) is 28.3 Å². The smallest absolute Gasteiger partial charge is 0.261 e. The van der Waals surface area contributed by atoms with Crippen molar-refractivity contribution in [3.8, 4) is 5.75 Å². The lowest BCUT2D eigenvalue weighted by atomic mass is 10.2. The standard InChI is InChI=1S/C20H20N4O3S/c1-13-3-5-16(6-4-13)24-28(26,27)17-9-7-15(8-10-17)22-23-19-11-14(2)20(25)12-18(19)21/h3-12,24-25H,21H2,1-2H3/b23-22+. The zero-order valence-electron chi connectivity index (χ0n) is 15.4. The number of rotatable bonds is 5. The predicted octanol–water partition coefficient (Wildman–Crippen LogP) is 4.81. The van der Waals surface area contributed by atoms with Crippen LogP contribution in [0.25, 0.3) is 0 Å². The number of nitrogens with one attached hydrogen (secondary N) is 1. The molecule has 3 aromatic carbocycles. The molecule has 0 saturated carbocycles. The molecule has 8 heteroatoms. The third-order valence-corrected chi connectivity index (χ3v) is 5.47. The van der Waals surface area contributed by atoms with E-state index in [1.807, 2.05) is 19.1 Å². The Balaban J connectivity index is 1.77. The van der Waals surface area contributed by atoms with Gasteiger partial charge in [0.1, 0.15) is 11.4 Å². The Bertz CT molecular complexity index is 1120. The second-order valence-electron chi connectivity index (χ2n) is 6.36. The molecule has 3 aromatic rings. The Hall–Kier alpha value is -3.39. The molecule has 0 amide bonds. The first kappa shape index (κ1) is 19.4. The fraction of sp³-hybridized carbons (Fsp3) is 0.100. The number of nitrogens with two attached hydrogens (primary N) is 1. The van der Waals surface area contributed by atoms with E-state index in [9.17, 15) is 13.5 Å². The van der Waals surface area contributed by atoms with E-state index in [1.165, 1.54) is 18.2 Å². The quantitative estimate of drug-likeness (QED) is 0.424. The zero-order valence-corrected chi connectivity index (χ0v) is 16.2. The van der Waals surface area contributed by atoms with Crippen LogP contribution >= 0.6 is 0 Å². The third kappa shape index (κ3) is 4.47. The van der Waals surface area contributed by atoms with Gasteiger partial charge in [-0.2, -0.15) is 5.11 Å². The summed E-state index contributed by atoms with van der Waals surface area (Å²) in [5, 5.41) is 17.8. The summed E-state index contributed by atoms with van der Waals surface area (Å²) in [4.78, 5) is 0.118. The molecule has 28 heavy (non-hydrogen) atoms. The molecule has 0 aliphatic heterocycles. The molecule has 0 unspecified atom stereocenters. The van der Waals surface area contributed by atoms with Crippen LogP contribution in [0.5, 0.6) is 5.75 Å². The molecule has 0 saturated heterocycles. The van der Waals surface area contributed by atoms with Gasteiger partial charge in [0, 0.05) is 11.8 Å². The number of nitrogens with zero attached hydrogens (tertiary/aromatic N) is 2. The molecular formula is C20H20N4O3S. The summed E-state index contributed by atoms with van der Waals surface area (Å²) in [5.74, 6) is 0.0899. The molecule has 0 fully saturated rings. The monoisotopic (exact) mass is 396 g/mol. The summed E-state index contributed by atoms with van der Waals surface area (Å²) < 4.78 is 27.5. The number of phenols is 1. The van der Waals surface area contributed by atoms with E-state index in [1.54, 1.807) is 37.3 Å². The lowest BCUT2D eigenvalue weighted by Crippen LogP contribution is -2.12. The average Bonchev–Trinajstić information content (AvgIpc) is 2.66. The van der Waals surface area contributed by atoms with Gasteiger partial charge in [0.25, 0.3) is 10.0 Å². The van der Waals surface area contributed by atoms with Crippen molar-refractivity contribution < 1.29 is 13.5 Å². The third-order valence-electron chi connectivity index (χ3n) is 4.07. The van der Waals surface area contributed by atoms with Crippen molar-refractivity contribution in [2.24, 2.45) is 10.2 Å². The van der Waals surface area contributed by atoms with Crippen LogP contribution in [0.4, 0.5) is 22.7 Å². The Morgan fingerprint density at radius 1 is 0.929 bits per heavy atom. The fourth-order valence-electron chi connectivity index (χ4n) is 2.42. The molecule has 144 valence electrons. The maximum atomic E-state index is 12.5. The first-order valence-corrected chi connectivity index (χ1v) is 9.93. The maximum Gasteiger partial charge on any atom is 0.261 e. The van der Waals surface area contributed by atoms with Crippen molar-refractivity contribution in [2.45, 2.75) is 18.7 Å². The molecule has 0 spiro atoms. The number of nitrogen functional groups attached to an aromatic ring is 1. The molecule has 0 aliphatic carbocycles. The van der Waals surface area contributed by atoms with Gasteiger partial charge in [0.05, 0.1) is 16.3 Å². The lowest BCUT2D eigenvalue weighted by molar-refractivity contribution is 0.471. The van der Waals surface area contributed by atoms with Gasteiger partial charge in [-0.25, -0.2) is 8.42 Å². The van der Waals surface area contributed by atoms with Crippen molar-refractivity contribution in [3.63, 3.8) is 0 Å². The van der Waals surface area contributed by atoms with Crippen LogP contribution in [0.1, 0.15) is 11.1 Å². The van der Waals surface area contributed by atoms with Crippen LogP contribution in [0, 0.1) is 13.8 Å². The van der Waals surface area contributed by atoms with Gasteiger partial charge in [-0.1, -0.05) is 17.7 Å². The van der Waals surface area contributed by atoms with Crippen molar-refractivity contribution in [1.82, 2.24) is 0 Å². The molecule has 0 bridgehead atoms. The molecule has 7 nitrogen and oxygen atoms in total. The summed E-state index contributed by atoms with van der Waals surface area (Å²) in [5.41, 5.74) is 9.18. The summed E-state index contributed by atoms with van der Waals surface area (Å²) in [6.07, 6.45) is 0. The van der Waals surface area contributed by atoms with Gasteiger partial charge in [0.15, 0.2) is 0 Å². The average molecular weight is 396 g/mol. The fourth-order valence-corrected chi connectivity index (χ4v) is 3.48. The van der Waals surface area contributed by atoms with Gasteiger partial charge in [0.2, 0.25) is 0 Å². The summed E-state index contributed by atoms with van der Waals surface area (Å²) in [6, 6.07) is 16.1. The second-order valence-corrected chi connectivity index (χ2v) is 8.05. The molecule has 0 radical (unpaired) electrons. The summed E-state index contributed by atoms with van der Waals surface area (Å²) in [7, 11) is -3.70. The summed E-state index contributed by atoms with van der Waals surface area (Å²) >= 11 is 0. The number of hydrogen-bond acceptors (Lipinski definition) is 6. The van der Waals surface area contributed by atoms with Gasteiger partial charge in [-0.15, -0.1) is 5.11 Å². The van der Waals surface area contributed by atoms with Crippen LogP contribution in [0.2, 0.25) is 0 Å². The highest BCUT2D eigenvalue weighted by atomic mass is 32.2. The highest BCUT2D eigenvalue weighted by Crippen LogP contribution is 2.31. The van der Waals surface area contributed by atoms with E-state index in [2.05, 4.69) is 15.0 Å². The molecular weight excluding hydrogens is 376 g/mol. The van der Waals surface area contributed by atoms with Gasteiger partial charge >= 0.3 is 0 Å². The number of hydrogen-bond donors (Lipinski definition) is 3. The number of azo groups is 1. The van der Waals surface area contributed by atoms with Crippen molar-refractivity contribution in [1.29, 1.82) is 0 Å². The van der Waals surface area contributed by atoms with Crippen molar-refractivity contribution in [2.75, 3.05) is 10.5 Å². The highest BCUT2D eigenvalue weighted by molar-refractivity contribution is 7.92. The number of sulfonamides is 1. The van der Waals surface area contributed by atoms with Gasteiger partial charge in [-0.3, -0.25) is 4.72 Å². The van der Waals surface area contributed by atoms with Crippen LogP contribution < -0.4 is 10.5 Å². The number of anilines is 2. The SMILES string of the molecule is Cc1ccc(NS(=O)(=O)c2ccc(/N=N/c3cc(C)c(O)cc3N)cc2)cc1. The Morgan fingerprint density at radius 3 is 2.21 bits per heavy atom. The van der Waals surface area contributed by atoms with E-state index in [-0.39, 0.29) is 10.6 Å². The van der Waals surface area contributed by atoms with Gasteiger partial charge in [-0.05, 0) is 61.9 Å². The molecule has 0 aliphatic rings. The van der Waals surface area contributed by atoms with E-state index < -0.39 is 10.0 Å². The number of aromatic hydroxyl groups is 1. The Labute approximate surface area is 163 Å². The lowest BCUT2D eigenvalue weighted by Gasteiger charge is -2.08. The van der Waals surface area contributed by atoms with E-state index in [0.717, 1.165) is 5.56 Å². The topological polar surface area (TPSA) is 117 Å². The molecule has 3 rings (SSSR count). The van der Waals surface area contributed by atoms with Crippen molar-refractivity contribution >= 4 is 32.8 Å². The first-order valence-electron chi connectivity index (χ1n) is 8.45. The van der Waals surface area contributed by atoms with Crippen LogP contribution in [-0.2, 0) is 10.0 Å². The van der Waals surface area contributed by atoms with Crippen LogP contribution in [-0.4, -0.2) is 13.5 Å². The van der Waals surface area contributed by atoms with E-state index in [4.69, 9.17) is 5.73 Å². The first-order chi connectivity index (χ1) is 13.2.